The molecular formula is C41H59N4O12S6+. The highest BCUT2D eigenvalue weighted by atomic mass is 33.1. The maximum Gasteiger partial charge on any atom is 0.294 e. The Labute approximate surface area is 380 Å². The van der Waals surface area contributed by atoms with Crippen LogP contribution in [0.5, 0.6) is 0 Å². The maximum absolute atomic E-state index is 12.4. The Bertz CT molecular complexity index is 2590. The van der Waals surface area contributed by atoms with Crippen LogP contribution in [0.2, 0.25) is 0 Å². The summed E-state index contributed by atoms with van der Waals surface area (Å²) in [5.41, 5.74) is 3.22. The summed E-state index contributed by atoms with van der Waals surface area (Å²) in [6.07, 6.45) is 12.5. The molecule has 0 radical (unpaired) electrons. The predicted molar refractivity (Wildman–Crippen MR) is 250 cm³/mol. The lowest BCUT2D eigenvalue weighted by Gasteiger charge is -2.27. The lowest BCUT2D eigenvalue weighted by molar-refractivity contribution is -0.438. The van der Waals surface area contributed by atoms with Gasteiger partial charge in [0.25, 0.3) is 20.2 Å². The molecule has 0 aliphatic carbocycles. The van der Waals surface area contributed by atoms with Gasteiger partial charge in [0.15, 0.2) is 23.5 Å². The van der Waals surface area contributed by atoms with Gasteiger partial charge in [-0.05, 0) is 103 Å². The van der Waals surface area contributed by atoms with Crippen LogP contribution in [0.3, 0.4) is 0 Å². The van der Waals surface area contributed by atoms with Crippen LogP contribution in [-0.4, -0.2) is 115 Å². The Morgan fingerprint density at radius 1 is 0.698 bits per heavy atom. The third-order valence-electron chi connectivity index (χ3n) is 10.8. The van der Waals surface area contributed by atoms with Gasteiger partial charge in [-0.1, -0.05) is 26.3 Å². The van der Waals surface area contributed by atoms with Gasteiger partial charge >= 0.3 is 0 Å². The number of benzene rings is 2. The number of hydrogen-bond acceptors (Lipinski definition) is 13. The van der Waals surface area contributed by atoms with Crippen molar-refractivity contribution in [3.63, 3.8) is 0 Å². The molecule has 22 heteroatoms. The van der Waals surface area contributed by atoms with E-state index in [1.807, 2.05) is 45.9 Å². The van der Waals surface area contributed by atoms with Crippen molar-refractivity contribution in [1.82, 2.24) is 10.6 Å². The second kappa shape index (κ2) is 21.4. The van der Waals surface area contributed by atoms with E-state index in [2.05, 4.69) is 20.1 Å². The van der Waals surface area contributed by atoms with E-state index < -0.39 is 48.8 Å². The number of rotatable bonds is 24. The molecule has 2 aromatic rings. The van der Waals surface area contributed by atoms with Crippen molar-refractivity contribution in [3.8, 4) is 0 Å². The topological polar surface area (TPSA) is 241 Å². The van der Waals surface area contributed by atoms with Gasteiger partial charge < -0.3 is 15.5 Å². The first-order valence-electron chi connectivity index (χ1n) is 20.4. The smallest absolute Gasteiger partial charge is 0.294 e. The Kier molecular flexibility index (Phi) is 17.8. The first kappa shape index (κ1) is 52.4. The highest BCUT2D eigenvalue weighted by molar-refractivity contribution is 8.72. The van der Waals surface area contributed by atoms with E-state index in [9.17, 15) is 52.4 Å². The van der Waals surface area contributed by atoms with Crippen molar-refractivity contribution in [1.29, 1.82) is 0 Å². The second-order valence-corrected chi connectivity index (χ2v) is 28.5. The maximum atomic E-state index is 12.4. The number of carbonyl (C=O) groups excluding carboxylic acids is 2. The number of allylic oxidation sites excluding steroid dienone is 4. The third-order valence-corrected chi connectivity index (χ3v) is 17.7. The van der Waals surface area contributed by atoms with Crippen LogP contribution in [0.1, 0.15) is 90.2 Å². The van der Waals surface area contributed by atoms with E-state index in [-0.39, 0.29) is 59.0 Å². The van der Waals surface area contributed by atoms with E-state index in [0.29, 0.717) is 62.7 Å². The summed E-state index contributed by atoms with van der Waals surface area (Å²) in [6.45, 7) is 9.41. The number of unbranched alkanes of at least 4 members (excludes halogenated alkanes) is 4. The molecule has 16 nitrogen and oxygen atoms in total. The molecule has 2 aliphatic rings. The molecule has 0 aromatic heterocycles. The van der Waals surface area contributed by atoms with E-state index in [4.69, 9.17) is 0 Å². The molecule has 0 saturated heterocycles. The van der Waals surface area contributed by atoms with E-state index in [0.717, 1.165) is 56.9 Å². The Hall–Kier alpha value is -3.25. The summed E-state index contributed by atoms with van der Waals surface area (Å²) in [5.74, 6) is 0.186. The Morgan fingerprint density at radius 2 is 1.21 bits per heavy atom. The number of amides is 2. The SMILES string of the molecule is CC1(C)C(=CC=CC2=[N+](CCCCCC(=O)NCCSS(C)(=O)=O)c3ccc(S(=O)(=O)O)cc3C2(C)C)N(CCCCCC(=O)NCCSS(C)(=O)=O)c2ccc(S(=O)(=O)O)cc21. The molecule has 0 saturated carbocycles. The molecule has 4 N–H and O–H groups in total. The number of hydrogen-bond donors (Lipinski definition) is 4. The van der Waals surface area contributed by atoms with Gasteiger partial charge in [-0.15, -0.1) is 0 Å². The van der Waals surface area contributed by atoms with Crippen molar-refractivity contribution in [2.45, 2.75) is 99.7 Å². The lowest BCUT2D eigenvalue weighted by atomic mass is 9.81. The molecule has 0 spiro atoms. The molecule has 2 aliphatic heterocycles. The van der Waals surface area contributed by atoms with Crippen molar-refractivity contribution < 1.29 is 56.9 Å². The van der Waals surface area contributed by atoms with Gasteiger partial charge in [-0.3, -0.25) is 18.7 Å². The Balaban J connectivity index is 1.57. The average Bonchev–Trinajstić information content (AvgIpc) is 3.51. The highest BCUT2D eigenvalue weighted by Gasteiger charge is 2.45. The van der Waals surface area contributed by atoms with Gasteiger partial charge in [0.2, 0.25) is 17.5 Å². The standard InChI is InChI=1S/C41H58N4O12S6/c1-40(2)32-28-30(62(52,53)54)18-20-34(32)44(24-11-7-9-16-38(46)42-22-26-58-60(5,48)49)36(40)14-13-15-37-41(3,4)33-29-31(63(55,56)57)19-21-35(33)45(37)25-12-8-10-17-39(47)43-23-27-59-61(6,50)51/h13-15,18-21,28-29H,7-12,16-17,22-27H2,1-6H3,(H3-,42,43,46,47,52,53,54,55,56,57)/p+1. The lowest BCUT2D eigenvalue weighted by Crippen LogP contribution is -2.28. The summed E-state index contributed by atoms with van der Waals surface area (Å²) in [6, 6.07) is 9.04. The van der Waals surface area contributed by atoms with Gasteiger partial charge in [0.1, 0.15) is 6.54 Å². The predicted octanol–water partition coefficient (Wildman–Crippen LogP) is 5.53. The van der Waals surface area contributed by atoms with Gasteiger partial charge in [-0.2, -0.15) is 21.4 Å². The first-order chi connectivity index (χ1) is 29.1. The zero-order valence-corrected chi connectivity index (χ0v) is 41.3. The van der Waals surface area contributed by atoms with Crippen LogP contribution in [0.15, 0.2) is 70.1 Å². The van der Waals surface area contributed by atoms with E-state index in [1.165, 1.54) is 24.3 Å². The fraction of sp³-hybridized carbons (Fsp3) is 0.537. The summed E-state index contributed by atoms with van der Waals surface area (Å²) >= 11 is 0. The summed E-state index contributed by atoms with van der Waals surface area (Å²) in [4.78, 5) is 26.4. The minimum Gasteiger partial charge on any atom is -0.355 e. The summed E-state index contributed by atoms with van der Waals surface area (Å²) in [7, 11) is -13.8. The van der Waals surface area contributed by atoms with Crippen LogP contribution < -0.4 is 15.5 Å². The first-order valence-corrected chi connectivity index (χ1v) is 30.1. The van der Waals surface area contributed by atoms with Crippen molar-refractivity contribution in [2.24, 2.45) is 0 Å². The monoisotopic (exact) mass is 991 g/mol. The van der Waals surface area contributed by atoms with Crippen LogP contribution in [0, 0.1) is 0 Å². The zero-order chi connectivity index (χ0) is 47.0. The number of fused-ring (bicyclic) bond motifs is 2. The largest absolute Gasteiger partial charge is 0.355 e. The van der Waals surface area contributed by atoms with Gasteiger partial charge in [0.05, 0.1) is 15.2 Å². The van der Waals surface area contributed by atoms with Crippen LogP contribution in [0.25, 0.3) is 0 Å². The summed E-state index contributed by atoms with van der Waals surface area (Å²) in [5, 5.41) is 5.49. The second-order valence-electron chi connectivity index (χ2n) is 16.5. The molecule has 0 fully saturated rings. The minimum absolute atomic E-state index is 0.166. The van der Waals surface area contributed by atoms with Crippen LogP contribution in [0.4, 0.5) is 11.4 Å². The molecule has 2 heterocycles. The molecule has 0 unspecified atom stereocenters. The Morgan fingerprint density at radius 3 is 1.73 bits per heavy atom. The van der Waals surface area contributed by atoms with Crippen LogP contribution in [-0.2, 0) is 58.4 Å². The highest BCUT2D eigenvalue weighted by Crippen LogP contribution is 2.49. The molecule has 63 heavy (non-hydrogen) atoms. The minimum atomic E-state index is -4.49. The molecule has 350 valence electrons. The third kappa shape index (κ3) is 14.9. The number of nitrogens with zero attached hydrogens (tertiary/aromatic N) is 2. The van der Waals surface area contributed by atoms with Gasteiger partial charge in [-0.25, -0.2) is 16.8 Å². The molecular weight excluding hydrogens is 933 g/mol. The van der Waals surface area contributed by atoms with Crippen LogP contribution >= 0.6 is 21.6 Å². The zero-order valence-electron chi connectivity index (χ0n) is 36.4. The summed E-state index contributed by atoms with van der Waals surface area (Å²) < 4.78 is 116. The van der Waals surface area contributed by atoms with Gasteiger partial charge in [0, 0.05) is 97.4 Å². The fourth-order valence-electron chi connectivity index (χ4n) is 7.75. The molecule has 0 atom stereocenters. The number of anilines is 1. The van der Waals surface area contributed by atoms with E-state index in [1.54, 1.807) is 12.1 Å². The quantitative estimate of drug-likeness (QED) is 0.0437. The van der Waals surface area contributed by atoms with E-state index >= 15 is 0 Å². The average molecular weight is 992 g/mol. The normalized spacial score (nSPS) is 16.8. The number of nitrogens with one attached hydrogen (secondary N) is 2. The fourth-order valence-corrected chi connectivity index (χ4v) is 12.1. The molecule has 2 amide bonds. The molecule has 2 aromatic carbocycles. The molecule has 0 bridgehead atoms. The van der Waals surface area contributed by atoms with Crippen molar-refractivity contribution >= 4 is 88.5 Å². The number of carbonyl (C=O) groups is 2. The van der Waals surface area contributed by atoms with Crippen molar-refractivity contribution in [3.05, 3.63) is 71.5 Å². The molecule has 4 rings (SSSR count). The van der Waals surface area contributed by atoms with Crippen molar-refractivity contribution in [2.75, 3.05) is 55.1 Å².